The predicted octanol–water partition coefficient (Wildman–Crippen LogP) is 5.59. The molecule has 1 aliphatic rings. The van der Waals surface area contributed by atoms with E-state index in [1.807, 2.05) is 25.3 Å². The molecule has 2 aromatic heterocycles. The number of anilines is 1. The van der Waals surface area contributed by atoms with Gasteiger partial charge >= 0.3 is 0 Å². The molecule has 4 rings (SSSR count). The van der Waals surface area contributed by atoms with Crippen molar-refractivity contribution in [2.24, 2.45) is 0 Å². The maximum Gasteiger partial charge on any atom is 0.128 e. The third-order valence-electron chi connectivity index (χ3n) is 5.04. The standard InChI is InChI=1S/C22H23ClN2O2S/c1-14-13-24-20(15(2)21(14)26-3)19-12-18(16-4-6-17(23)7-5-16)22(28-19)25-8-10-27-11-9-25/h4-7,12-13H,8-11H2,1-3H3. The Morgan fingerprint density at radius 1 is 1.14 bits per heavy atom. The van der Waals surface area contributed by atoms with Crippen LogP contribution in [0, 0.1) is 13.8 Å². The van der Waals surface area contributed by atoms with Gasteiger partial charge in [0.2, 0.25) is 0 Å². The highest BCUT2D eigenvalue weighted by molar-refractivity contribution is 7.20. The lowest BCUT2D eigenvalue weighted by Crippen LogP contribution is -2.35. The molecule has 0 spiro atoms. The molecule has 0 aliphatic carbocycles. The Labute approximate surface area is 174 Å². The minimum atomic E-state index is 0.743. The quantitative estimate of drug-likeness (QED) is 0.557. The van der Waals surface area contributed by atoms with E-state index in [0.29, 0.717) is 0 Å². The van der Waals surface area contributed by atoms with Gasteiger partial charge in [0.25, 0.3) is 0 Å². The van der Waals surface area contributed by atoms with Crippen LogP contribution in [0.1, 0.15) is 11.1 Å². The number of hydrogen-bond donors (Lipinski definition) is 0. The van der Waals surface area contributed by atoms with Crippen molar-refractivity contribution in [1.82, 2.24) is 4.98 Å². The second kappa shape index (κ2) is 8.11. The van der Waals surface area contributed by atoms with Crippen LogP contribution in [0.25, 0.3) is 21.7 Å². The van der Waals surface area contributed by atoms with Crippen LogP contribution in [0.15, 0.2) is 36.5 Å². The number of aromatic nitrogens is 1. The van der Waals surface area contributed by atoms with Crippen LogP contribution in [-0.4, -0.2) is 38.4 Å². The van der Waals surface area contributed by atoms with Gasteiger partial charge in [-0.05, 0) is 37.6 Å². The smallest absolute Gasteiger partial charge is 0.128 e. The Hall–Kier alpha value is -2.08. The summed E-state index contributed by atoms with van der Waals surface area (Å²) >= 11 is 7.89. The summed E-state index contributed by atoms with van der Waals surface area (Å²) in [5, 5.41) is 1.99. The van der Waals surface area contributed by atoms with E-state index in [-0.39, 0.29) is 0 Å². The number of pyridine rings is 1. The first kappa shape index (κ1) is 19.2. The normalized spacial score (nSPS) is 14.4. The molecule has 0 atom stereocenters. The zero-order valence-corrected chi connectivity index (χ0v) is 17.9. The Kier molecular flexibility index (Phi) is 5.58. The van der Waals surface area contributed by atoms with Crippen LogP contribution < -0.4 is 9.64 Å². The maximum absolute atomic E-state index is 6.11. The summed E-state index contributed by atoms with van der Waals surface area (Å²) in [5.74, 6) is 0.902. The molecule has 4 nitrogen and oxygen atoms in total. The Morgan fingerprint density at radius 2 is 1.86 bits per heavy atom. The molecule has 0 amide bonds. The van der Waals surface area contributed by atoms with Gasteiger partial charge < -0.3 is 14.4 Å². The molecule has 1 aliphatic heterocycles. The largest absolute Gasteiger partial charge is 0.496 e. The molecule has 6 heteroatoms. The molecular formula is C22H23ClN2O2S. The summed E-state index contributed by atoms with van der Waals surface area (Å²) in [7, 11) is 1.71. The second-order valence-corrected chi connectivity index (χ2v) is 8.35. The van der Waals surface area contributed by atoms with Crippen LogP contribution in [0.5, 0.6) is 5.75 Å². The van der Waals surface area contributed by atoms with E-state index in [1.54, 1.807) is 18.4 Å². The molecule has 3 aromatic rings. The molecule has 0 saturated carbocycles. The third kappa shape index (κ3) is 3.62. The lowest BCUT2D eigenvalue weighted by Gasteiger charge is -2.28. The van der Waals surface area contributed by atoms with Crippen LogP contribution in [0.4, 0.5) is 5.00 Å². The molecule has 3 heterocycles. The first-order chi connectivity index (χ1) is 13.6. The molecule has 28 heavy (non-hydrogen) atoms. The Balaban J connectivity index is 1.84. The van der Waals surface area contributed by atoms with Gasteiger partial charge in [-0.2, -0.15) is 0 Å². The summed E-state index contributed by atoms with van der Waals surface area (Å²) in [6, 6.07) is 10.3. The van der Waals surface area contributed by atoms with Crippen molar-refractivity contribution in [3.8, 4) is 27.4 Å². The predicted molar refractivity (Wildman–Crippen MR) is 117 cm³/mol. The van der Waals surface area contributed by atoms with Crippen molar-refractivity contribution in [3.63, 3.8) is 0 Å². The number of methoxy groups -OCH3 is 1. The number of halogens is 1. The summed E-state index contributed by atoms with van der Waals surface area (Å²) in [6.07, 6.45) is 1.89. The summed E-state index contributed by atoms with van der Waals surface area (Å²) < 4.78 is 11.2. The molecular weight excluding hydrogens is 392 g/mol. The lowest BCUT2D eigenvalue weighted by molar-refractivity contribution is 0.123. The Morgan fingerprint density at radius 3 is 2.54 bits per heavy atom. The molecule has 0 N–H and O–H groups in total. The van der Waals surface area contributed by atoms with Gasteiger partial charge in [-0.25, -0.2) is 0 Å². The molecule has 0 unspecified atom stereocenters. The fraction of sp³-hybridized carbons (Fsp3) is 0.318. The number of nitrogens with zero attached hydrogens (tertiary/aromatic N) is 2. The lowest BCUT2D eigenvalue weighted by atomic mass is 10.1. The highest BCUT2D eigenvalue weighted by Gasteiger charge is 2.22. The highest BCUT2D eigenvalue weighted by atomic mass is 35.5. The fourth-order valence-corrected chi connectivity index (χ4v) is 5.03. The van der Waals surface area contributed by atoms with Gasteiger partial charge in [-0.15, -0.1) is 11.3 Å². The molecule has 1 aromatic carbocycles. The van der Waals surface area contributed by atoms with Crippen LogP contribution in [0.2, 0.25) is 5.02 Å². The minimum Gasteiger partial charge on any atom is -0.496 e. The first-order valence-electron chi connectivity index (χ1n) is 9.31. The zero-order chi connectivity index (χ0) is 19.7. The van der Waals surface area contributed by atoms with Crippen molar-refractivity contribution in [2.75, 3.05) is 38.3 Å². The van der Waals surface area contributed by atoms with Crippen LogP contribution in [-0.2, 0) is 4.74 Å². The fourth-order valence-electron chi connectivity index (χ4n) is 3.62. The number of hydrogen-bond acceptors (Lipinski definition) is 5. The first-order valence-corrected chi connectivity index (χ1v) is 10.5. The van der Waals surface area contributed by atoms with E-state index in [2.05, 4.69) is 30.0 Å². The molecule has 146 valence electrons. The van der Waals surface area contributed by atoms with Crippen molar-refractivity contribution in [1.29, 1.82) is 0 Å². The highest BCUT2D eigenvalue weighted by Crippen LogP contribution is 2.45. The van der Waals surface area contributed by atoms with Crippen LogP contribution in [0.3, 0.4) is 0 Å². The minimum absolute atomic E-state index is 0.743. The van der Waals surface area contributed by atoms with Crippen LogP contribution >= 0.6 is 22.9 Å². The average Bonchev–Trinajstić information content (AvgIpc) is 3.15. The number of ether oxygens (including phenoxy) is 2. The van der Waals surface area contributed by atoms with Gasteiger partial charge in [0, 0.05) is 41.0 Å². The van der Waals surface area contributed by atoms with E-state index in [0.717, 1.165) is 64.3 Å². The second-order valence-electron chi connectivity index (χ2n) is 6.88. The number of thiophene rings is 1. The van der Waals surface area contributed by atoms with E-state index in [1.165, 1.54) is 10.6 Å². The van der Waals surface area contributed by atoms with Crippen molar-refractivity contribution < 1.29 is 9.47 Å². The van der Waals surface area contributed by atoms with E-state index < -0.39 is 0 Å². The Bertz CT molecular complexity index is 979. The zero-order valence-electron chi connectivity index (χ0n) is 16.3. The average molecular weight is 415 g/mol. The summed E-state index contributed by atoms with van der Waals surface area (Å²) in [6.45, 7) is 7.39. The number of rotatable bonds is 4. The maximum atomic E-state index is 6.11. The van der Waals surface area contributed by atoms with E-state index in [4.69, 9.17) is 26.1 Å². The van der Waals surface area contributed by atoms with Crippen molar-refractivity contribution in [2.45, 2.75) is 13.8 Å². The van der Waals surface area contributed by atoms with E-state index in [9.17, 15) is 0 Å². The summed E-state index contributed by atoms with van der Waals surface area (Å²) in [5.41, 5.74) is 5.46. The van der Waals surface area contributed by atoms with Gasteiger partial charge in [0.15, 0.2) is 0 Å². The molecule has 1 saturated heterocycles. The van der Waals surface area contributed by atoms with Gasteiger partial charge in [0.1, 0.15) is 5.75 Å². The van der Waals surface area contributed by atoms with Gasteiger partial charge in [-0.1, -0.05) is 23.7 Å². The number of aryl methyl sites for hydroxylation is 1. The molecule has 0 bridgehead atoms. The number of benzene rings is 1. The van der Waals surface area contributed by atoms with Gasteiger partial charge in [0.05, 0.1) is 35.9 Å². The topological polar surface area (TPSA) is 34.6 Å². The summed E-state index contributed by atoms with van der Waals surface area (Å²) in [4.78, 5) is 8.28. The monoisotopic (exact) mass is 414 g/mol. The SMILES string of the molecule is COc1c(C)cnc(-c2cc(-c3ccc(Cl)cc3)c(N3CCOCC3)s2)c1C. The van der Waals surface area contributed by atoms with Crippen molar-refractivity contribution in [3.05, 3.63) is 52.7 Å². The van der Waals surface area contributed by atoms with Gasteiger partial charge in [-0.3, -0.25) is 4.98 Å². The number of morpholine rings is 1. The molecule has 1 fully saturated rings. The van der Waals surface area contributed by atoms with E-state index >= 15 is 0 Å². The third-order valence-corrected chi connectivity index (χ3v) is 6.50. The molecule has 0 radical (unpaired) electrons. The van der Waals surface area contributed by atoms with Crippen molar-refractivity contribution >= 4 is 27.9 Å².